The molecule has 2 amide bonds. The van der Waals surface area contributed by atoms with Crippen LogP contribution in [0.4, 0.5) is 5.69 Å². The summed E-state index contributed by atoms with van der Waals surface area (Å²) in [7, 11) is 0. The van der Waals surface area contributed by atoms with Crippen LogP contribution in [-0.4, -0.2) is 85.4 Å². The summed E-state index contributed by atoms with van der Waals surface area (Å²) in [6.07, 6.45) is 0.939. The number of benzene rings is 1. The molecule has 0 aliphatic carbocycles. The lowest BCUT2D eigenvalue weighted by molar-refractivity contribution is -0.132. The molecule has 0 spiro atoms. The van der Waals surface area contributed by atoms with E-state index in [-0.39, 0.29) is 11.8 Å². The smallest absolute Gasteiger partial charge is 0.236 e. The molecule has 0 atom stereocenters. The second kappa shape index (κ2) is 8.34. The average molecular weight is 344 g/mol. The van der Waals surface area contributed by atoms with Gasteiger partial charge in [-0.1, -0.05) is 18.2 Å². The van der Waals surface area contributed by atoms with Gasteiger partial charge < -0.3 is 14.7 Å². The van der Waals surface area contributed by atoms with Crippen molar-refractivity contribution < 1.29 is 9.59 Å². The van der Waals surface area contributed by atoms with Crippen LogP contribution in [0, 0.1) is 0 Å². The number of anilines is 1. The third-order valence-electron chi connectivity index (χ3n) is 5.15. The number of rotatable bonds is 3. The van der Waals surface area contributed by atoms with Gasteiger partial charge in [-0.15, -0.1) is 0 Å². The summed E-state index contributed by atoms with van der Waals surface area (Å²) < 4.78 is 0. The standard InChI is InChI=1S/C19H28N4O2/c1-17(24)21-9-5-8-20(10-11-21)16-19(25)23-14-12-22(13-15-23)18-6-3-2-4-7-18/h2-4,6-7H,5,8-16H2,1H3. The number of carbonyl (C=O) groups is 2. The topological polar surface area (TPSA) is 47.1 Å². The van der Waals surface area contributed by atoms with E-state index in [4.69, 9.17) is 0 Å². The minimum Gasteiger partial charge on any atom is -0.368 e. The highest BCUT2D eigenvalue weighted by Gasteiger charge is 2.24. The molecule has 2 saturated heterocycles. The van der Waals surface area contributed by atoms with E-state index in [2.05, 4.69) is 34.1 Å². The Morgan fingerprint density at radius 2 is 1.52 bits per heavy atom. The first-order valence-corrected chi connectivity index (χ1v) is 9.19. The van der Waals surface area contributed by atoms with Gasteiger partial charge >= 0.3 is 0 Å². The predicted octanol–water partition coefficient (Wildman–Crippen LogP) is 0.889. The second-order valence-electron chi connectivity index (χ2n) is 6.84. The number of amides is 2. The van der Waals surface area contributed by atoms with Crippen molar-refractivity contribution in [1.29, 1.82) is 0 Å². The Bertz CT molecular complexity index is 584. The van der Waals surface area contributed by atoms with E-state index in [9.17, 15) is 9.59 Å². The van der Waals surface area contributed by atoms with Crippen molar-refractivity contribution in [3.8, 4) is 0 Å². The molecule has 2 fully saturated rings. The summed E-state index contributed by atoms with van der Waals surface area (Å²) in [5.74, 6) is 0.342. The average Bonchev–Trinajstić information content (AvgIpc) is 2.88. The highest BCUT2D eigenvalue weighted by molar-refractivity contribution is 5.78. The molecule has 0 N–H and O–H groups in total. The van der Waals surface area contributed by atoms with Crippen LogP contribution in [0.5, 0.6) is 0 Å². The summed E-state index contributed by atoms with van der Waals surface area (Å²) in [4.78, 5) is 32.5. The minimum atomic E-state index is 0.130. The van der Waals surface area contributed by atoms with Crippen LogP contribution in [-0.2, 0) is 9.59 Å². The Morgan fingerprint density at radius 1 is 0.840 bits per heavy atom. The van der Waals surface area contributed by atoms with E-state index in [1.54, 1.807) is 6.92 Å². The zero-order valence-electron chi connectivity index (χ0n) is 15.1. The maximum absolute atomic E-state index is 12.6. The van der Waals surface area contributed by atoms with Crippen LogP contribution >= 0.6 is 0 Å². The summed E-state index contributed by atoms with van der Waals surface area (Å²) in [5, 5.41) is 0. The number of piperazine rings is 1. The molecule has 2 aliphatic rings. The van der Waals surface area contributed by atoms with Gasteiger partial charge in [0.25, 0.3) is 0 Å². The van der Waals surface area contributed by atoms with Crippen molar-refractivity contribution in [3.05, 3.63) is 30.3 Å². The highest BCUT2D eigenvalue weighted by atomic mass is 16.2. The van der Waals surface area contributed by atoms with Crippen LogP contribution < -0.4 is 4.90 Å². The zero-order valence-corrected chi connectivity index (χ0v) is 15.1. The van der Waals surface area contributed by atoms with Gasteiger partial charge in [0.05, 0.1) is 6.54 Å². The zero-order chi connectivity index (χ0) is 17.6. The maximum atomic E-state index is 12.6. The molecule has 2 aliphatic heterocycles. The van der Waals surface area contributed by atoms with Gasteiger partial charge in [-0.25, -0.2) is 0 Å². The first-order valence-electron chi connectivity index (χ1n) is 9.19. The van der Waals surface area contributed by atoms with Crippen LogP contribution in [0.1, 0.15) is 13.3 Å². The molecular weight excluding hydrogens is 316 g/mol. The first kappa shape index (κ1) is 17.7. The molecule has 6 nitrogen and oxygen atoms in total. The molecule has 0 unspecified atom stereocenters. The molecule has 0 radical (unpaired) electrons. The fraction of sp³-hybridized carbons (Fsp3) is 0.579. The van der Waals surface area contributed by atoms with Gasteiger partial charge in [-0.05, 0) is 18.6 Å². The predicted molar refractivity (Wildman–Crippen MR) is 98.5 cm³/mol. The second-order valence-corrected chi connectivity index (χ2v) is 6.84. The maximum Gasteiger partial charge on any atom is 0.236 e. The van der Waals surface area contributed by atoms with Crippen LogP contribution in [0.3, 0.4) is 0 Å². The third-order valence-corrected chi connectivity index (χ3v) is 5.15. The minimum absolute atomic E-state index is 0.130. The van der Waals surface area contributed by atoms with Crippen molar-refractivity contribution in [3.63, 3.8) is 0 Å². The van der Waals surface area contributed by atoms with Gasteiger partial charge in [0.15, 0.2) is 0 Å². The summed E-state index contributed by atoms with van der Waals surface area (Å²) in [5.41, 5.74) is 1.23. The number of para-hydroxylation sites is 1. The lowest BCUT2D eigenvalue weighted by Crippen LogP contribution is -2.51. The normalized spacial score (nSPS) is 19.6. The van der Waals surface area contributed by atoms with Crippen LogP contribution in [0.15, 0.2) is 30.3 Å². The fourth-order valence-electron chi connectivity index (χ4n) is 3.59. The third kappa shape index (κ3) is 4.72. The van der Waals surface area contributed by atoms with Gasteiger partial charge in [0.1, 0.15) is 0 Å². The van der Waals surface area contributed by atoms with Crippen molar-refractivity contribution in [2.24, 2.45) is 0 Å². The molecule has 136 valence electrons. The summed E-state index contributed by atoms with van der Waals surface area (Å²) >= 11 is 0. The SMILES string of the molecule is CC(=O)N1CCCN(CC(=O)N2CCN(c3ccccc3)CC2)CC1. The van der Waals surface area contributed by atoms with Gasteiger partial charge in [0.2, 0.25) is 11.8 Å². The van der Waals surface area contributed by atoms with E-state index < -0.39 is 0 Å². The molecule has 0 aromatic heterocycles. The Hall–Kier alpha value is -2.08. The summed E-state index contributed by atoms with van der Waals surface area (Å²) in [6.45, 7) is 8.61. The van der Waals surface area contributed by atoms with Crippen molar-refractivity contribution in [1.82, 2.24) is 14.7 Å². The molecule has 3 rings (SSSR count). The monoisotopic (exact) mass is 344 g/mol. The van der Waals surface area contributed by atoms with Gasteiger partial charge in [-0.3, -0.25) is 14.5 Å². The number of nitrogens with zero attached hydrogens (tertiary/aromatic N) is 4. The molecule has 1 aromatic carbocycles. The van der Waals surface area contributed by atoms with E-state index in [0.29, 0.717) is 6.54 Å². The Kier molecular flexibility index (Phi) is 5.91. The number of hydrogen-bond acceptors (Lipinski definition) is 4. The number of carbonyl (C=O) groups excluding carboxylic acids is 2. The lowest BCUT2D eigenvalue weighted by atomic mass is 10.2. The van der Waals surface area contributed by atoms with E-state index in [0.717, 1.165) is 58.8 Å². The molecule has 2 heterocycles. The quantitative estimate of drug-likeness (QED) is 0.817. The van der Waals surface area contributed by atoms with Gasteiger partial charge in [0, 0.05) is 65.0 Å². The number of hydrogen-bond donors (Lipinski definition) is 0. The van der Waals surface area contributed by atoms with E-state index in [1.165, 1.54) is 5.69 Å². The molecule has 0 bridgehead atoms. The molecular formula is C19H28N4O2. The van der Waals surface area contributed by atoms with Crippen molar-refractivity contribution in [2.75, 3.05) is 63.8 Å². The lowest BCUT2D eigenvalue weighted by Gasteiger charge is -2.37. The Morgan fingerprint density at radius 3 is 2.20 bits per heavy atom. The van der Waals surface area contributed by atoms with E-state index >= 15 is 0 Å². The highest BCUT2D eigenvalue weighted by Crippen LogP contribution is 2.15. The summed E-state index contributed by atoms with van der Waals surface area (Å²) in [6, 6.07) is 10.4. The Balaban J connectivity index is 1.46. The molecule has 1 aromatic rings. The van der Waals surface area contributed by atoms with Gasteiger partial charge in [-0.2, -0.15) is 0 Å². The van der Waals surface area contributed by atoms with Crippen LogP contribution in [0.25, 0.3) is 0 Å². The molecule has 6 heteroatoms. The Labute approximate surface area is 150 Å². The first-order chi connectivity index (χ1) is 12.1. The largest absolute Gasteiger partial charge is 0.368 e. The molecule has 25 heavy (non-hydrogen) atoms. The fourth-order valence-corrected chi connectivity index (χ4v) is 3.59. The van der Waals surface area contributed by atoms with Crippen molar-refractivity contribution in [2.45, 2.75) is 13.3 Å². The van der Waals surface area contributed by atoms with Crippen molar-refractivity contribution >= 4 is 17.5 Å². The molecule has 0 saturated carbocycles. The van der Waals surface area contributed by atoms with Crippen LogP contribution in [0.2, 0.25) is 0 Å². The van der Waals surface area contributed by atoms with E-state index in [1.807, 2.05) is 15.9 Å².